The Morgan fingerprint density at radius 1 is 0.714 bits per heavy atom. The van der Waals surface area contributed by atoms with E-state index in [1.807, 2.05) is 18.2 Å². The van der Waals surface area contributed by atoms with E-state index in [0.717, 1.165) is 12.8 Å². The van der Waals surface area contributed by atoms with Crippen molar-refractivity contribution >= 4 is 30.0 Å². The molecule has 3 rings (SSSR count). The summed E-state index contributed by atoms with van der Waals surface area (Å²) < 4.78 is 30.4. The number of aliphatic hydroxyl groups excluding tert-OH is 1. The van der Waals surface area contributed by atoms with Crippen molar-refractivity contribution in [3.63, 3.8) is 0 Å². The molecule has 1 N–H and O–H groups in total. The molecular weight excluding hydrogens is 636 g/mol. The van der Waals surface area contributed by atoms with Crippen LogP contribution in [0.15, 0.2) is 72.3 Å². The summed E-state index contributed by atoms with van der Waals surface area (Å²) in [5, 5.41) is 9.48. The van der Waals surface area contributed by atoms with E-state index < -0.39 is 42.1 Å². The molecule has 2 heterocycles. The van der Waals surface area contributed by atoms with Crippen LogP contribution in [0.25, 0.3) is 0 Å². The molecule has 3 aliphatic rings. The largest absolute Gasteiger partial charge is 0.514 e. The molecule has 3 atom stereocenters. The molecule has 49 heavy (non-hydrogen) atoms. The molecule has 12 nitrogen and oxygen atoms in total. The Bertz CT molecular complexity index is 1380. The molecule has 1 aliphatic carbocycles. The number of rotatable bonds is 18. The van der Waals surface area contributed by atoms with E-state index in [4.69, 9.17) is 28.4 Å². The predicted octanol–water partition coefficient (Wildman–Crippen LogP) is 6.50. The average molecular weight is 685 g/mol. The monoisotopic (exact) mass is 684 g/mol. The number of esters is 2. The molecule has 12 heteroatoms. The maximum absolute atomic E-state index is 12.4. The average Bonchev–Trinajstić information content (AvgIpc) is 3.65. The first-order valence-electron chi connectivity index (χ1n) is 16.7. The van der Waals surface area contributed by atoms with Crippen LogP contribution in [-0.2, 0) is 42.8 Å². The molecule has 2 saturated heterocycles. The van der Waals surface area contributed by atoms with E-state index in [2.05, 4.69) is 6.08 Å². The molecule has 0 amide bonds. The van der Waals surface area contributed by atoms with Crippen LogP contribution >= 0.6 is 0 Å². The first-order valence-corrected chi connectivity index (χ1v) is 16.7. The highest BCUT2D eigenvalue weighted by Gasteiger charge is 2.40. The Balaban J connectivity index is 1.31. The molecule has 0 aromatic rings. The fourth-order valence-electron chi connectivity index (χ4n) is 5.63. The third-order valence-electron chi connectivity index (χ3n) is 8.15. The number of carbonyl (C=O) groups excluding carboxylic acids is 5. The second-order valence-corrected chi connectivity index (χ2v) is 12.9. The van der Waals surface area contributed by atoms with Crippen molar-refractivity contribution in [1.82, 2.24) is 0 Å². The molecule has 3 fully saturated rings. The van der Waals surface area contributed by atoms with Crippen molar-refractivity contribution < 1.29 is 57.5 Å². The van der Waals surface area contributed by atoms with Crippen LogP contribution < -0.4 is 0 Å². The lowest BCUT2D eigenvalue weighted by Gasteiger charge is -2.13. The normalized spacial score (nSPS) is 24.6. The fourth-order valence-corrected chi connectivity index (χ4v) is 5.63. The fraction of sp³-hybridized carbons (Fsp3) is 0.541. The summed E-state index contributed by atoms with van der Waals surface area (Å²) in [6, 6.07) is 0. The van der Waals surface area contributed by atoms with Gasteiger partial charge in [0.25, 0.3) is 0 Å². The number of unbranched alkanes of at least 4 members (excludes halogenated alkanes) is 2. The SMILES string of the molecule is CC1(C)OC(=O)O/C1=C\CCOC(=O)/C=C/CC/C=C/C1CC(/C=C/CC/C=C/C(=O)OCC/C=C2\OC(=O)OC2(C)C)C(C(=O)CO)C1. The Morgan fingerprint density at radius 3 is 1.63 bits per heavy atom. The first kappa shape index (κ1) is 39.0. The number of Topliss-reactive ketones (excluding diaryl/α,β-unsaturated/α-hetero) is 1. The summed E-state index contributed by atoms with van der Waals surface area (Å²) >= 11 is 0. The molecule has 0 radical (unpaired) electrons. The highest BCUT2D eigenvalue weighted by Crippen LogP contribution is 2.39. The van der Waals surface area contributed by atoms with Gasteiger partial charge < -0.3 is 33.5 Å². The molecule has 2 aliphatic heterocycles. The summed E-state index contributed by atoms with van der Waals surface area (Å²) in [4.78, 5) is 58.9. The Hall–Kier alpha value is -4.45. The number of ketones is 1. The predicted molar refractivity (Wildman–Crippen MR) is 177 cm³/mol. The standard InChI is InChI=1S/C37H48O12/c1-36(2)30(46-34(42)48-36)17-13-21-44-32(40)19-11-7-5-9-15-26-23-27(28(24-26)29(39)25-38)16-10-6-8-12-20-33(41)45-22-14-18-31-37(3,4)49-35(43)47-31/h9-12,15-20,26-28,38H,5-8,13-14,21-25H2,1-4H3/b15-9+,16-10+,19-11+,20-12+,30-17-,31-18-. The number of carbonyl (C=O) groups is 5. The smallest absolute Gasteiger partial charge is 0.462 e. The van der Waals surface area contributed by atoms with Gasteiger partial charge in [-0.15, -0.1) is 0 Å². The zero-order chi connectivity index (χ0) is 35.9. The third kappa shape index (κ3) is 13.2. The second-order valence-electron chi connectivity index (χ2n) is 12.9. The third-order valence-corrected chi connectivity index (χ3v) is 8.15. The van der Waals surface area contributed by atoms with E-state index in [-0.39, 0.29) is 36.8 Å². The number of cyclic esters (lactones) is 4. The van der Waals surface area contributed by atoms with Crippen LogP contribution in [0.4, 0.5) is 9.59 Å². The van der Waals surface area contributed by atoms with Crippen LogP contribution in [-0.4, -0.2) is 66.2 Å². The van der Waals surface area contributed by atoms with E-state index in [9.17, 15) is 29.1 Å². The molecular formula is C37H48O12. The molecule has 0 aromatic heterocycles. The van der Waals surface area contributed by atoms with E-state index in [1.54, 1.807) is 52.0 Å². The van der Waals surface area contributed by atoms with Gasteiger partial charge in [0, 0.05) is 30.9 Å². The summed E-state index contributed by atoms with van der Waals surface area (Å²) in [5.74, 6) is -0.295. The summed E-state index contributed by atoms with van der Waals surface area (Å²) in [5.41, 5.74) is -1.66. The summed E-state index contributed by atoms with van der Waals surface area (Å²) in [6.07, 6.45) is 21.2. The summed E-state index contributed by atoms with van der Waals surface area (Å²) in [6.45, 7) is 6.67. The number of aliphatic hydroxyl groups is 1. The van der Waals surface area contributed by atoms with Crippen molar-refractivity contribution in [2.75, 3.05) is 19.8 Å². The van der Waals surface area contributed by atoms with Crippen molar-refractivity contribution in [1.29, 1.82) is 0 Å². The summed E-state index contributed by atoms with van der Waals surface area (Å²) in [7, 11) is 0. The van der Waals surface area contributed by atoms with Gasteiger partial charge in [-0.2, -0.15) is 0 Å². The van der Waals surface area contributed by atoms with Crippen LogP contribution in [0.3, 0.4) is 0 Å². The van der Waals surface area contributed by atoms with Gasteiger partial charge in [-0.25, -0.2) is 19.2 Å². The van der Waals surface area contributed by atoms with Gasteiger partial charge in [0.2, 0.25) is 0 Å². The number of hydrogen-bond acceptors (Lipinski definition) is 12. The highest BCUT2D eigenvalue weighted by molar-refractivity contribution is 5.83. The quantitative estimate of drug-likeness (QED) is 0.0549. The highest BCUT2D eigenvalue weighted by atomic mass is 16.8. The van der Waals surface area contributed by atoms with E-state index in [0.29, 0.717) is 50.0 Å². The topological polar surface area (TPSA) is 161 Å². The van der Waals surface area contributed by atoms with E-state index in [1.165, 1.54) is 12.2 Å². The van der Waals surface area contributed by atoms with Crippen LogP contribution in [0.2, 0.25) is 0 Å². The number of ether oxygens (including phenoxy) is 6. The van der Waals surface area contributed by atoms with Crippen LogP contribution in [0.5, 0.6) is 0 Å². The lowest BCUT2D eigenvalue weighted by molar-refractivity contribution is -0.138. The first-order chi connectivity index (χ1) is 23.3. The van der Waals surface area contributed by atoms with Gasteiger partial charge in [-0.3, -0.25) is 4.79 Å². The van der Waals surface area contributed by atoms with Crippen molar-refractivity contribution in [2.45, 2.75) is 90.3 Å². The lowest BCUT2D eigenvalue weighted by atomic mass is 9.91. The minimum Gasteiger partial charge on any atom is -0.462 e. The van der Waals surface area contributed by atoms with Gasteiger partial charge in [-0.1, -0.05) is 36.5 Å². The zero-order valence-electron chi connectivity index (χ0n) is 28.7. The molecule has 0 spiro atoms. The molecule has 1 saturated carbocycles. The number of hydrogen-bond donors (Lipinski definition) is 1. The Kier molecular flexibility index (Phi) is 15.1. The zero-order valence-corrected chi connectivity index (χ0v) is 28.7. The Labute approximate surface area is 287 Å². The minimum atomic E-state index is -0.832. The maximum Gasteiger partial charge on any atom is 0.514 e. The maximum atomic E-state index is 12.4. The van der Waals surface area contributed by atoms with Crippen molar-refractivity contribution in [2.24, 2.45) is 17.8 Å². The molecule has 0 aromatic carbocycles. The van der Waals surface area contributed by atoms with Gasteiger partial charge in [-0.05, 0) is 90.2 Å². The van der Waals surface area contributed by atoms with Gasteiger partial charge >= 0.3 is 24.2 Å². The van der Waals surface area contributed by atoms with Crippen molar-refractivity contribution in [3.8, 4) is 0 Å². The van der Waals surface area contributed by atoms with Crippen molar-refractivity contribution in [3.05, 3.63) is 72.3 Å². The Morgan fingerprint density at radius 2 is 1.18 bits per heavy atom. The van der Waals surface area contributed by atoms with Crippen LogP contribution in [0, 0.1) is 17.8 Å². The van der Waals surface area contributed by atoms with Gasteiger partial charge in [0.05, 0.1) is 13.2 Å². The molecule has 268 valence electrons. The second kappa shape index (κ2) is 18.9. The van der Waals surface area contributed by atoms with E-state index >= 15 is 0 Å². The number of allylic oxidation sites excluding steroid dienone is 6. The molecule has 0 bridgehead atoms. The minimum absolute atomic E-state index is 0.0245. The lowest BCUT2D eigenvalue weighted by Crippen LogP contribution is -2.20. The van der Waals surface area contributed by atoms with Crippen LogP contribution in [0.1, 0.15) is 79.1 Å². The molecule has 3 unspecified atom stereocenters. The van der Waals surface area contributed by atoms with Gasteiger partial charge in [0.1, 0.15) is 6.61 Å². The van der Waals surface area contributed by atoms with Gasteiger partial charge in [0.15, 0.2) is 28.5 Å².